The third kappa shape index (κ3) is 3.28. The van der Waals surface area contributed by atoms with Gasteiger partial charge in [0.15, 0.2) is 0 Å². The van der Waals surface area contributed by atoms with E-state index in [0.29, 0.717) is 24.8 Å². The molecular formula is C23H19N3O3. The van der Waals surface area contributed by atoms with E-state index in [1.807, 2.05) is 48.5 Å². The van der Waals surface area contributed by atoms with Crippen LogP contribution in [0, 0.1) is 5.92 Å². The van der Waals surface area contributed by atoms with Crippen molar-refractivity contribution in [3.63, 3.8) is 0 Å². The van der Waals surface area contributed by atoms with Crippen molar-refractivity contribution in [2.45, 2.75) is 6.54 Å². The molecule has 0 unspecified atom stereocenters. The van der Waals surface area contributed by atoms with Crippen molar-refractivity contribution in [2.75, 3.05) is 13.1 Å². The molecule has 0 radical (unpaired) electrons. The highest BCUT2D eigenvalue weighted by molar-refractivity contribution is 5.97. The van der Waals surface area contributed by atoms with Crippen LogP contribution in [0.3, 0.4) is 0 Å². The van der Waals surface area contributed by atoms with E-state index in [4.69, 9.17) is 9.63 Å². The molecule has 1 aromatic heterocycles. The Balaban J connectivity index is 1.47. The molecule has 0 aliphatic carbocycles. The van der Waals surface area contributed by atoms with E-state index in [0.717, 1.165) is 28.4 Å². The fourth-order valence-electron chi connectivity index (χ4n) is 3.82. The Labute approximate surface area is 167 Å². The smallest absolute Gasteiger partial charge is 0.309 e. The normalized spacial score (nSPS) is 14.8. The third-order valence-corrected chi connectivity index (χ3v) is 5.40. The van der Waals surface area contributed by atoms with E-state index in [2.05, 4.69) is 33.2 Å². The number of rotatable bonds is 5. The molecule has 1 saturated heterocycles. The van der Waals surface area contributed by atoms with Gasteiger partial charge < -0.3 is 9.63 Å². The lowest BCUT2D eigenvalue weighted by Gasteiger charge is -2.36. The lowest BCUT2D eigenvalue weighted by Crippen LogP contribution is -2.49. The molecule has 4 aromatic rings. The van der Waals surface area contributed by atoms with Crippen LogP contribution in [0.25, 0.3) is 33.6 Å². The van der Waals surface area contributed by atoms with Gasteiger partial charge in [-0.15, -0.1) is 0 Å². The molecule has 3 aromatic carbocycles. The molecule has 144 valence electrons. The minimum Gasteiger partial charge on any atom is -0.481 e. The quantitative estimate of drug-likeness (QED) is 0.558. The molecule has 0 saturated carbocycles. The van der Waals surface area contributed by atoms with Gasteiger partial charge in [-0.2, -0.15) is 4.98 Å². The van der Waals surface area contributed by atoms with E-state index in [-0.39, 0.29) is 5.92 Å². The number of hydrogen-bond donors (Lipinski definition) is 1. The first-order valence-electron chi connectivity index (χ1n) is 9.54. The lowest BCUT2D eigenvalue weighted by molar-refractivity contribution is -0.147. The topological polar surface area (TPSA) is 79.5 Å². The summed E-state index contributed by atoms with van der Waals surface area (Å²) in [4.78, 5) is 17.8. The Kier molecular flexibility index (Phi) is 4.33. The second-order valence-electron chi connectivity index (χ2n) is 7.34. The van der Waals surface area contributed by atoms with Crippen LogP contribution >= 0.6 is 0 Å². The Morgan fingerprint density at radius 1 is 1.00 bits per heavy atom. The second-order valence-corrected chi connectivity index (χ2v) is 7.34. The molecule has 1 aliphatic heterocycles. The van der Waals surface area contributed by atoms with E-state index >= 15 is 0 Å². The van der Waals surface area contributed by atoms with Gasteiger partial charge in [-0.1, -0.05) is 59.8 Å². The lowest BCUT2D eigenvalue weighted by atomic mass is 9.95. The highest BCUT2D eigenvalue weighted by Crippen LogP contribution is 2.32. The molecule has 0 amide bonds. The van der Waals surface area contributed by atoms with Crippen molar-refractivity contribution in [2.24, 2.45) is 5.92 Å². The average molecular weight is 385 g/mol. The molecule has 6 nitrogen and oxygen atoms in total. The third-order valence-electron chi connectivity index (χ3n) is 5.40. The first-order chi connectivity index (χ1) is 14.2. The number of benzene rings is 3. The van der Waals surface area contributed by atoms with Crippen molar-refractivity contribution in [3.05, 3.63) is 72.3 Å². The van der Waals surface area contributed by atoms with Crippen molar-refractivity contribution in [1.82, 2.24) is 15.0 Å². The summed E-state index contributed by atoms with van der Waals surface area (Å²) in [5.74, 6) is 0.0830. The van der Waals surface area contributed by atoms with E-state index < -0.39 is 5.97 Å². The molecular weight excluding hydrogens is 366 g/mol. The maximum atomic E-state index is 11.0. The van der Waals surface area contributed by atoms with Gasteiger partial charge in [0.1, 0.15) is 0 Å². The van der Waals surface area contributed by atoms with Gasteiger partial charge in [0.2, 0.25) is 5.82 Å². The molecule has 6 heteroatoms. The van der Waals surface area contributed by atoms with E-state index in [9.17, 15) is 4.79 Å². The van der Waals surface area contributed by atoms with Gasteiger partial charge in [0.25, 0.3) is 5.89 Å². The van der Waals surface area contributed by atoms with Gasteiger partial charge in [0.05, 0.1) is 5.92 Å². The Bertz CT molecular complexity index is 1180. The second kappa shape index (κ2) is 7.14. The molecule has 1 aliphatic rings. The number of carboxylic acids is 1. The van der Waals surface area contributed by atoms with Crippen LogP contribution in [0.4, 0.5) is 0 Å². The van der Waals surface area contributed by atoms with Crippen LogP contribution < -0.4 is 0 Å². The number of fused-ring (bicyclic) bond motifs is 1. The summed E-state index contributed by atoms with van der Waals surface area (Å²) in [5, 5.41) is 15.5. The summed E-state index contributed by atoms with van der Waals surface area (Å²) in [5.41, 5.74) is 2.97. The molecule has 29 heavy (non-hydrogen) atoms. The first kappa shape index (κ1) is 17.6. The molecule has 5 rings (SSSR count). The summed E-state index contributed by atoms with van der Waals surface area (Å²) >= 11 is 0. The number of carboxylic acid groups (broad SMARTS) is 1. The van der Waals surface area contributed by atoms with Gasteiger partial charge >= 0.3 is 5.97 Å². The van der Waals surface area contributed by atoms with Crippen molar-refractivity contribution in [1.29, 1.82) is 0 Å². The Hall–Kier alpha value is -3.51. The highest BCUT2D eigenvalue weighted by atomic mass is 16.5. The predicted octanol–water partition coefficient (Wildman–Crippen LogP) is 4.07. The van der Waals surface area contributed by atoms with E-state index in [1.165, 1.54) is 5.56 Å². The summed E-state index contributed by atoms with van der Waals surface area (Å²) < 4.78 is 5.48. The fourth-order valence-corrected chi connectivity index (χ4v) is 3.82. The largest absolute Gasteiger partial charge is 0.481 e. The van der Waals surface area contributed by atoms with Gasteiger partial charge in [0, 0.05) is 30.8 Å². The van der Waals surface area contributed by atoms with Crippen LogP contribution in [-0.2, 0) is 11.3 Å². The van der Waals surface area contributed by atoms with Crippen LogP contribution in [0.5, 0.6) is 0 Å². The van der Waals surface area contributed by atoms with Crippen LogP contribution in [-0.4, -0.2) is 39.2 Å². The number of hydrogen-bond acceptors (Lipinski definition) is 5. The van der Waals surface area contributed by atoms with Crippen molar-refractivity contribution in [3.8, 4) is 22.8 Å². The van der Waals surface area contributed by atoms with Crippen LogP contribution in [0.2, 0.25) is 0 Å². The summed E-state index contributed by atoms with van der Waals surface area (Å²) in [6.07, 6.45) is 0. The maximum absolute atomic E-state index is 11.0. The molecule has 2 heterocycles. The van der Waals surface area contributed by atoms with Gasteiger partial charge in [-0.3, -0.25) is 9.69 Å². The molecule has 1 N–H and O–H groups in total. The number of carbonyl (C=O) groups is 1. The standard InChI is InChI=1S/C23H19N3O3/c27-23(28)17-13-26(14-17)12-16-10-11-20(19-9-5-4-8-18(16)19)21-24-22(29-25-21)15-6-2-1-3-7-15/h1-11,17H,12-14H2,(H,27,28). The molecule has 0 bridgehead atoms. The minimum atomic E-state index is -0.715. The average Bonchev–Trinajstić information content (AvgIpc) is 3.20. The molecule has 0 atom stereocenters. The summed E-state index contributed by atoms with van der Waals surface area (Å²) in [6.45, 7) is 1.92. The maximum Gasteiger partial charge on any atom is 0.309 e. The zero-order chi connectivity index (χ0) is 19.8. The van der Waals surface area contributed by atoms with Crippen LogP contribution in [0.1, 0.15) is 5.56 Å². The zero-order valence-electron chi connectivity index (χ0n) is 15.7. The molecule has 1 fully saturated rings. The zero-order valence-corrected chi connectivity index (χ0v) is 15.7. The number of aromatic nitrogens is 2. The SMILES string of the molecule is O=C(O)C1CN(Cc2ccc(-c3noc(-c4ccccc4)n3)c3ccccc23)C1. The monoisotopic (exact) mass is 385 g/mol. The van der Waals surface area contributed by atoms with Gasteiger partial charge in [-0.05, 0) is 28.5 Å². The number of aliphatic carboxylic acids is 1. The Morgan fingerprint density at radius 2 is 1.72 bits per heavy atom. The van der Waals surface area contributed by atoms with E-state index in [1.54, 1.807) is 0 Å². The predicted molar refractivity (Wildman–Crippen MR) is 109 cm³/mol. The molecule has 0 spiro atoms. The minimum absolute atomic E-state index is 0.253. The summed E-state index contributed by atoms with van der Waals surface area (Å²) in [6, 6.07) is 22.0. The number of likely N-dealkylation sites (tertiary alicyclic amines) is 1. The van der Waals surface area contributed by atoms with Gasteiger partial charge in [-0.25, -0.2) is 0 Å². The van der Waals surface area contributed by atoms with Crippen molar-refractivity contribution < 1.29 is 14.4 Å². The fraction of sp³-hybridized carbons (Fsp3) is 0.174. The first-order valence-corrected chi connectivity index (χ1v) is 9.54. The highest BCUT2D eigenvalue weighted by Gasteiger charge is 2.32. The van der Waals surface area contributed by atoms with Crippen molar-refractivity contribution >= 4 is 16.7 Å². The summed E-state index contributed by atoms with van der Waals surface area (Å²) in [7, 11) is 0. The Morgan fingerprint density at radius 3 is 2.48 bits per heavy atom. The number of nitrogens with zero attached hydrogens (tertiary/aromatic N) is 3. The van der Waals surface area contributed by atoms with Crippen LogP contribution in [0.15, 0.2) is 71.3 Å².